The van der Waals surface area contributed by atoms with Crippen LogP contribution in [0.15, 0.2) is 30.3 Å². The molecule has 0 radical (unpaired) electrons. The summed E-state index contributed by atoms with van der Waals surface area (Å²) >= 11 is 0. The largest absolute Gasteiger partial charge is 0.0561 e. The van der Waals surface area contributed by atoms with Gasteiger partial charge < -0.3 is 0 Å². The van der Waals surface area contributed by atoms with Crippen molar-refractivity contribution in [1.29, 1.82) is 0 Å². The van der Waals surface area contributed by atoms with E-state index in [1.165, 1.54) is 38.9 Å². The molecule has 2 rings (SSSR count). The van der Waals surface area contributed by atoms with Gasteiger partial charge in [-0.1, -0.05) is 148 Å². The number of rotatable bonds is 2. The maximum atomic E-state index is 2.54. The summed E-state index contributed by atoms with van der Waals surface area (Å²) in [5, 5.41) is 0. The van der Waals surface area contributed by atoms with Crippen molar-refractivity contribution < 1.29 is 0 Å². The van der Waals surface area contributed by atoms with Crippen molar-refractivity contribution in [2.45, 2.75) is 150 Å². The summed E-state index contributed by atoms with van der Waals surface area (Å²) < 4.78 is 0. The van der Waals surface area contributed by atoms with Crippen LogP contribution in [0.2, 0.25) is 0 Å². The molecular weight excluding hydrogens is 420 g/mol. The standard InChI is InChI=1S/C35H56/c1-30(2,3)23-18-24(31(4,5)6)20-25(19-23)35(16,17)26-21-27(32(7,8)9)29(34(13,14)15)28(22-26)33(10,11)12/h18-22H,1-17H3. The molecule has 0 saturated heterocycles. The van der Waals surface area contributed by atoms with Crippen molar-refractivity contribution in [1.82, 2.24) is 0 Å². The molecule has 0 heteroatoms. The topological polar surface area (TPSA) is 0 Å². The molecule has 2 aromatic rings. The summed E-state index contributed by atoms with van der Waals surface area (Å²) in [6, 6.07) is 12.5. The van der Waals surface area contributed by atoms with Crippen LogP contribution in [0.25, 0.3) is 0 Å². The van der Waals surface area contributed by atoms with Gasteiger partial charge >= 0.3 is 0 Å². The molecule has 0 heterocycles. The molecule has 0 fully saturated rings. The van der Waals surface area contributed by atoms with Gasteiger partial charge in [0.05, 0.1) is 0 Å². The van der Waals surface area contributed by atoms with E-state index in [-0.39, 0.29) is 32.5 Å². The van der Waals surface area contributed by atoms with E-state index in [2.05, 4.69) is 148 Å². The number of hydrogen-bond acceptors (Lipinski definition) is 0. The fraction of sp³-hybridized carbons (Fsp3) is 0.657. The summed E-state index contributed by atoms with van der Waals surface area (Å²) in [5.74, 6) is 0. The molecule has 0 amide bonds. The van der Waals surface area contributed by atoms with Gasteiger partial charge in [0.25, 0.3) is 0 Å². The molecule has 0 aromatic heterocycles. The Morgan fingerprint density at radius 1 is 0.314 bits per heavy atom. The maximum Gasteiger partial charge on any atom is 0.0146 e. The van der Waals surface area contributed by atoms with Gasteiger partial charge in [0.2, 0.25) is 0 Å². The Hall–Kier alpha value is -1.56. The summed E-state index contributed by atoms with van der Waals surface area (Å²) in [7, 11) is 0. The minimum absolute atomic E-state index is 0.0680. The molecule has 0 aliphatic heterocycles. The predicted octanol–water partition coefficient (Wildman–Crippen LogP) is 10.5. The van der Waals surface area contributed by atoms with E-state index in [0.29, 0.717) is 0 Å². The van der Waals surface area contributed by atoms with Gasteiger partial charge in [-0.2, -0.15) is 0 Å². The van der Waals surface area contributed by atoms with Crippen LogP contribution in [-0.4, -0.2) is 0 Å². The quantitative estimate of drug-likeness (QED) is 0.404. The number of hydrogen-bond donors (Lipinski definition) is 0. The first-order valence-electron chi connectivity index (χ1n) is 13.6. The average Bonchev–Trinajstić information content (AvgIpc) is 2.63. The van der Waals surface area contributed by atoms with Crippen LogP contribution in [0.5, 0.6) is 0 Å². The van der Waals surface area contributed by atoms with Crippen molar-refractivity contribution in [3.63, 3.8) is 0 Å². The van der Waals surface area contributed by atoms with Crippen molar-refractivity contribution in [3.8, 4) is 0 Å². The third-order valence-electron chi connectivity index (χ3n) is 7.61. The fourth-order valence-corrected chi connectivity index (χ4v) is 5.02. The Morgan fingerprint density at radius 2 is 0.600 bits per heavy atom. The molecule has 0 atom stereocenters. The van der Waals surface area contributed by atoms with E-state index in [4.69, 9.17) is 0 Å². The molecule has 2 aromatic carbocycles. The van der Waals surface area contributed by atoms with E-state index in [0.717, 1.165) is 0 Å². The first-order valence-corrected chi connectivity index (χ1v) is 13.6. The third-order valence-corrected chi connectivity index (χ3v) is 7.61. The smallest absolute Gasteiger partial charge is 0.0146 e. The van der Waals surface area contributed by atoms with Crippen LogP contribution >= 0.6 is 0 Å². The van der Waals surface area contributed by atoms with E-state index in [1.54, 1.807) is 0 Å². The van der Waals surface area contributed by atoms with Crippen LogP contribution in [-0.2, 0) is 32.5 Å². The minimum atomic E-state index is -0.113. The second-order valence-electron chi connectivity index (χ2n) is 16.6. The number of benzene rings is 2. The van der Waals surface area contributed by atoms with Crippen LogP contribution < -0.4 is 0 Å². The highest BCUT2D eigenvalue weighted by Gasteiger charge is 2.35. The predicted molar refractivity (Wildman–Crippen MR) is 159 cm³/mol. The highest BCUT2D eigenvalue weighted by atomic mass is 14.4. The Balaban J connectivity index is 3.00. The minimum Gasteiger partial charge on any atom is -0.0561 e. The Labute approximate surface area is 219 Å². The van der Waals surface area contributed by atoms with Gasteiger partial charge in [-0.3, -0.25) is 0 Å². The molecule has 0 N–H and O–H groups in total. The summed E-state index contributed by atoms with van der Waals surface area (Å²) in [5.41, 5.74) is 10.5. The molecule has 0 aliphatic carbocycles. The van der Waals surface area contributed by atoms with Crippen molar-refractivity contribution in [3.05, 3.63) is 69.3 Å². The summed E-state index contributed by atoms with van der Waals surface area (Å²) in [4.78, 5) is 0. The Kier molecular flexibility index (Phi) is 7.44. The zero-order chi connectivity index (χ0) is 27.6. The molecule has 0 spiro atoms. The molecule has 0 bridgehead atoms. The van der Waals surface area contributed by atoms with Crippen LogP contribution in [0.4, 0.5) is 0 Å². The zero-order valence-electron chi connectivity index (χ0n) is 26.4. The first kappa shape index (κ1) is 29.7. The van der Waals surface area contributed by atoms with Gasteiger partial charge in [-0.05, 0) is 66.0 Å². The van der Waals surface area contributed by atoms with Gasteiger partial charge in [-0.15, -0.1) is 0 Å². The SMILES string of the molecule is CC(C)(C)c1cc(C(C)(C)C)cc(C(C)(C)c2cc(C(C)(C)C)c(C(C)(C)C)c(C(C)(C)C)c2)c1. The lowest BCUT2D eigenvalue weighted by Gasteiger charge is -2.39. The monoisotopic (exact) mass is 476 g/mol. The molecule has 35 heavy (non-hydrogen) atoms. The molecule has 0 saturated carbocycles. The zero-order valence-corrected chi connectivity index (χ0v) is 26.4. The molecule has 0 nitrogen and oxygen atoms in total. The Morgan fingerprint density at radius 3 is 0.857 bits per heavy atom. The first-order chi connectivity index (χ1) is 15.3. The van der Waals surface area contributed by atoms with Gasteiger partial charge in [0, 0.05) is 5.41 Å². The van der Waals surface area contributed by atoms with Crippen molar-refractivity contribution in [2.24, 2.45) is 0 Å². The van der Waals surface area contributed by atoms with Crippen molar-refractivity contribution >= 4 is 0 Å². The highest BCUT2D eigenvalue weighted by molar-refractivity contribution is 5.54. The van der Waals surface area contributed by atoms with Gasteiger partial charge in [0.1, 0.15) is 0 Å². The molecular formula is C35H56. The molecule has 0 aliphatic rings. The maximum absolute atomic E-state index is 2.54. The van der Waals surface area contributed by atoms with Crippen LogP contribution in [0.3, 0.4) is 0 Å². The third kappa shape index (κ3) is 6.42. The Bertz CT molecular complexity index is 988. The molecule has 196 valence electrons. The van der Waals surface area contributed by atoms with E-state index in [9.17, 15) is 0 Å². The lowest BCUT2D eigenvalue weighted by atomic mass is 9.65. The fourth-order valence-electron chi connectivity index (χ4n) is 5.02. The van der Waals surface area contributed by atoms with Crippen LogP contribution in [0.1, 0.15) is 157 Å². The second-order valence-corrected chi connectivity index (χ2v) is 16.6. The van der Waals surface area contributed by atoms with E-state index < -0.39 is 0 Å². The van der Waals surface area contributed by atoms with Gasteiger partial charge in [0.15, 0.2) is 0 Å². The molecule has 0 unspecified atom stereocenters. The lowest BCUT2D eigenvalue weighted by Crippen LogP contribution is -2.31. The lowest BCUT2D eigenvalue weighted by molar-refractivity contribution is 0.492. The average molecular weight is 477 g/mol. The summed E-state index contributed by atoms with van der Waals surface area (Å²) in [6.45, 7) is 40.2. The van der Waals surface area contributed by atoms with Crippen LogP contribution in [0, 0.1) is 0 Å². The highest BCUT2D eigenvalue weighted by Crippen LogP contribution is 2.45. The van der Waals surface area contributed by atoms with E-state index >= 15 is 0 Å². The second kappa shape index (κ2) is 8.78. The normalized spacial score (nSPS) is 14.4. The van der Waals surface area contributed by atoms with E-state index in [1.807, 2.05) is 0 Å². The summed E-state index contributed by atoms with van der Waals surface area (Å²) in [6.07, 6.45) is 0. The van der Waals surface area contributed by atoms with Gasteiger partial charge in [-0.25, -0.2) is 0 Å². The van der Waals surface area contributed by atoms with Crippen molar-refractivity contribution in [2.75, 3.05) is 0 Å².